The highest BCUT2D eigenvalue weighted by Gasteiger charge is 1.92. The number of aliphatic hydroxyl groups is 1. The van der Waals surface area contributed by atoms with Crippen LogP contribution in [0.2, 0.25) is 0 Å². The van der Waals surface area contributed by atoms with Gasteiger partial charge in [-0.2, -0.15) is 0 Å². The van der Waals surface area contributed by atoms with E-state index in [1.807, 2.05) is 44.2 Å². The van der Waals surface area contributed by atoms with Crippen LogP contribution in [0.15, 0.2) is 30.3 Å². The van der Waals surface area contributed by atoms with Crippen LogP contribution in [0.25, 0.3) is 0 Å². The van der Waals surface area contributed by atoms with Gasteiger partial charge in [-0.3, -0.25) is 0 Å². The van der Waals surface area contributed by atoms with Gasteiger partial charge in [0.15, 0.2) is 0 Å². The number of para-hydroxylation sites is 1. The molecule has 3 heteroatoms. The van der Waals surface area contributed by atoms with Crippen molar-refractivity contribution in [3.63, 3.8) is 0 Å². The van der Waals surface area contributed by atoms with Gasteiger partial charge >= 0.3 is 0 Å². The fraction of sp³-hybridized carbons (Fsp3) is 0.571. The first-order chi connectivity index (χ1) is 8.43. The number of rotatable bonds is 8. The summed E-state index contributed by atoms with van der Waals surface area (Å²) < 4.78 is 10.6. The van der Waals surface area contributed by atoms with Crippen LogP contribution < -0.4 is 4.74 Å². The van der Waals surface area contributed by atoms with Gasteiger partial charge in [-0.25, -0.2) is 0 Å². The summed E-state index contributed by atoms with van der Waals surface area (Å²) in [5.41, 5.74) is 0. The molecule has 0 spiro atoms. The minimum absolute atomic E-state index is 0.0977. The van der Waals surface area contributed by atoms with Gasteiger partial charge in [-0.1, -0.05) is 32.0 Å². The van der Waals surface area contributed by atoms with Crippen LogP contribution in [-0.4, -0.2) is 31.5 Å². The molecule has 3 nitrogen and oxygen atoms in total. The third-order valence-corrected chi connectivity index (χ3v) is 1.93. The van der Waals surface area contributed by atoms with Crippen molar-refractivity contribution >= 4 is 0 Å². The summed E-state index contributed by atoms with van der Waals surface area (Å²) >= 11 is 0. The van der Waals surface area contributed by atoms with Crippen molar-refractivity contribution < 1.29 is 14.6 Å². The van der Waals surface area contributed by atoms with Gasteiger partial charge in [-0.05, 0) is 25.0 Å². The van der Waals surface area contributed by atoms with Crippen molar-refractivity contribution in [1.82, 2.24) is 0 Å². The Labute approximate surface area is 104 Å². The van der Waals surface area contributed by atoms with Crippen molar-refractivity contribution in [2.75, 3.05) is 26.4 Å². The summed E-state index contributed by atoms with van der Waals surface area (Å²) in [5, 5.41) is 8.47. The van der Waals surface area contributed by atoms with Gasteiger partial charge in [0.1, 0.15) is 5.75 Å². The van der Waals surface area contributed by atoms with E-state index in [1.54, 1.807) is 0 Å². The van der Waals surface area contributed by atoms with Crippen LogP contribution in [-0.2, 0) is 4.74 Å². The Bertz CT molecular complexity index is 236. The van der Waals surface area contributed by atoms with Gasteiger partial charge in [-0.15, -0.1) is 0 Å². The van der Waals surface area contributed by atoms with Crippen LogP contribution in [0.1, 0.15) is 26.7 Å². The van der Waals surface area contributed by atoms with E-state index in [1.165, 1.54) is 0 Å². The number of benzene rings is 1. The van der Waals surface area contributed by atoms with Crippen molar-refractivity contribution in [2.45, 2.75) is 26.7 Å². The van der Waals surface area contributed by atoms with Gasteiger partial charge in [0.25, 0.3) is 0 Å². The largest absolute Gasteiger partial charge is 0.494 e. The highest BCUT2D eigenvalue weighted by molar-refractivity contribution is 5.20. The van der Waals surface area contributed by atoms with Gasteiger partial charge in [0.2, 0.25) is 0 Å². The first-order valence-electron chi connectivity index (χ1n) is 6.30. The van der Waals surface area contributed by atoms with Crippen molar-refractivity contribution in [3.05, 3.63) is 30.3 Å². The Morgan fingerprint density at radius 1 is 0.941 bits per heavy atom. The van der Waals surface area contributed by atoms with Crippen molar-refractivity contribution in [3.8, 4) is 5.75 Å². The predicted molar refractivity (Wildman–Crippen MR) is 70.4 cm³/mol. The minimum Gasteiger partial charge on any atom is -0.494 e. The Morgan fingerprint density at radius 3 is 2.24 bits per heavy atom. The SMILES string of the molecule is CC.OCCOCCCCOc1ccccc1. The second-order valence-corrected chi connectivity index (χ2v) is 3.20. The van der Waals surface area contributed by atoms with E-state index in [0.717, 1.165) is 18.6 Å². The van der Waals surface area contributed by atoms with Crippen LogP contribution in [0.4, 0.5) is 0 Å². The van der Waals surface area contributed by atoms with E-state index in [-0.39, 0.29) is 6.61 Å². The molecule has 0 bridgehead atoms. The molecule has 0 radical (unpaired) electrons. The number of aliphatic hydroxyl groups excluding tert-OH is 1. The highest BCUT2D eigenvalue weighted by atomic mass is 16.5. The van der Waals surface area contributed by atoms with E-state index in [4.69, 9.17) is 14.6 Å². The standard InChI is InChI=1S/C12H18O3.C2H6/c13-8-11-14-9-4-5-10-15-12-6-2-1-3-7-12;1-2/h1-3,6-7,13H,4-5,8-11H2;1-2H3. The minimum atomic E-state index is 0.0977. The maximum absolute atomic E-state index is 8.47. The first kappa shape index (κ1) is 15.9. The summed E-state index contributed by atoms with van der Waals surface area (Å²) in [4.78, 5) is 0. The molecular formula is C14H24O3. The molecule has 1 aromatic carbocycles. The molecular weight excluding hydrogens is 216 g/mol. The monoisotopic (exact) mass is 240 g/mol. The third kappa shape index (κ3) is 9.85. The summed E-state index contributed by atoms with van der Waals surface area (Å²) in [6.07, 6.45) is 1.94. The number of unbranched alkanes of at least 4 members (excludes halogenated alkanes) is 1. The van der Waals surface area contributed by atoms with Crippen LogP contribution in [0.5, 0.6) is 5.75 Å². The molecule has 1 N–H and O–H groups in total. The summed E-state index contributed by atoms with van der Waals surface area (Å²) in [6, 6.07) is 9.78. The molecule has 1 rings (SSSR count). The zero-order chi connectivity index (χ0) is 12.8. The molecule has 0 aromatic heterocycles. The average Bonchev–Trinajstić information content (AvgIpc) is 2.41. The van der Waals surface area contributed by atoms with E-state index in [9.17, 15) is 0 Å². The van der Waals surface area contributed by atoms with E-state index in [2.05, 4.69) is 0 Å². The molecule has 0 aliphatic heterocycles. The van der Waals surface area contributed by atoms with Gasteiger partial charge < -0.3 is 14.6 Å². The molecule has 0 fully saturated rings. The van der Waals surface area contributed by atoms with Crippen LogP contribution in [0.3, 0.4) is 0 Å². The van der Waals surface area contributed by atoms with Crippen molar-refractivity contribution in [2.24, 2.45) is 0 Å². The second kappa shape index (κ2) is 13.0. The maximum atomic E-state index is 8.47. The summed E-state index contributed by atoms with van der Waals surface area (Å²) in [5.74, 6) is 0.911. The number of hydrogen-bond donors (Lipinski definition) is 1. The molecule has 0 atom stereocenters. The van der Waals surface area contributed by atoms with E-state index < -0.39 is 0 Å². The third-order valence-electron chi connectivity index (χ3n) is 1.93. The predicted octanol–water partition coefficient (Wildman–Crippen LogP) is 2.88. The zero-order valence-corrected chi connectivity index (χ0v) is 10.9. The molecule has 0 aliphatic carbocycles. The molecule has 0 unspecified atom stereocenters. The van der Waals surface area contributed by atoms with Crippen LogP contribution >= 0.6 is 0 Å². The molecule has 0 aliphatic rings. The van der Waals surface area contributed by atoms with Crippen molar-refractivity contribution in [1.29, 1.82) is 0 Å². The molecule has 0 saturated carbocycles. The Hall–Kier alpha value is -1.06. The van der Waals surface area contributed by atoms with Crippen LogP contribution in [0, 0.1) is 0 Å². The molecule has 1 aromatic rings. The summed E-state index contributed by atoms with van der Waals surface area (Å²) in [6.45, 7) is 5.94. The molecule has 0 heterocycles. The Morgan fingerprint density at radius 2 is 1.59 bits per heavy atom. The fourth-order valence-electron chi connectivity index (χ4n) is 1.18. The van der Waals surface area contributed by atoms with E-state index >= 15 is 0 Å². The van der Waals surface area contributed by atoms with Gasteiger partial charge in [0, 0.05) is 6.61 Å². The quantitative estimate of drug-likeness (QED) is 0.710. The second-order valence-electron chi connectivity index (χ2n) is 3.20. The Balaban J connectivity index is 0.00000121. The Kier molecular flexibility index (Phi) is 12.2. The maximum Gasteiger partial charge on any atom is 0.119 e. The molecule has 98 valence electrons. The summed E-state index contributed by atoms with van der Waals surface area (Å²) in [7, 11) is 0. The smallest absolute Gasteiger partial charge is 0.119 e. The lowest BCUT2D eigenvalue weighted by molar-refractivity contribution is 0.0878. The fourth-order valence-corrected chi connectivity index (χ4v) is 1.18. The van der Waals surface area contributed by atoms with Gasteiger partial charge in [0.05, 0.1) is 19.8 Å². The number of ether oxygens (including phenoxy) is 2. The average molecular weight is 240 g/mol. The van der Waals surface area contributed by atoms with E-state index in [0.29, 0.717) is 19.8 Å². The highest BCUT2D eigenvalue weighted by Crippen LogP contribution is 2.08. The topological polar surface area (TPSA) is 38.7 Å². The molecule has 0 saturated heterocycles. The molecule has 0 amide bonds. The lowest BCUT2D eigenvalue weighted by atomic mass is 10.3. The first-order valence-corrected chi connectivity index (χ1v) is 6.30. The lowest BCUT2D eigenvalue weighted by Crippen LogP contribution is -2.03. The number of hydrogen-bond acceptors (Lipinski definition) is 3. The zero-order valence-electron chi connectivity index (χ0n) is 10.9. The molecule has 17 heavy (non-hydrogen) atoms. The lowest BCUT2D eigenvalue weighted by Gasteiger charge is -2.05. The normalized spacial score (nSPS) is 9.35.